The zero-order valence-electron chi connectivity index (χ0n) is 14.4. The zero-order valence-corrected chi connectivity index (χ0v) is 15.2. The smallest absolute Gasteiger partial charge is 0.252 e. The molecule has 1 unspecified atom stereocenters. The van der Waals surface area contributed by atoms with Crippen molar-refractivity contribution in [2.75, 3.05) is 20.6 Å². The van der Waals surface area contributed by atoms with E-state index in [1.807, 2.05) is 31.1 Å². The number of aryl methyl sites for hydroxylation is 1. The first kappa shape index (κ1) is 19.3. The normalized spacial score (nSPS) is 12.3. The van der Waals surface area contributed by atoms with E-state index in [9.17, 15) is 13.6 Å². The molecule has 3 nitrogen and oxygen atoms in total. The second-order valence-corrected chi connectivity index (χ2v) is 6.44. The monoisotopic (exact) mass is 366 g/mol. The van der Waals surface area contributed by atoms with Crippen molar-refractivity contribution in [3.63, 3.8) is 0 Å². The second-order valence-electron chi connectivity index (χ2n) is 6.03. The molecule has 0 saturated heterocycles. The van der Waals surface area contributed by atoms with Crippen LogP contribution in [0.1, 0.15) is 34.5 Å². The van der Waals surface area contributed by atoms with Gasteiger partial charge in [0.15, 0.2) is 11.6 Å². The summed E-state index contributed by atoms with van der Waals surface area (Å²) >= 11 is 5.85. The molecule has 1 N–H and O–H groups in total. The molecule has 0 aromatic heterocycles. The van der Waals surface area contributed by atoms with Crippen molar-refractivity contribution in [2.45, 2.75) is 19.4 Å². The topological polar surface area (TPSA) is 32.3 Å². The van der Waals surface area contributed by atoms with Crippen LogP contribution in [0.2, 0.25) is 5.02 Å². The van der Waals surface area contributed by atoms with E-state index in [1.54, 1.807) is 0 Å². The quantitative estimate of drug-likeness (QED) is 0.776. The van der Waals surface area contributed by atoms with Gasteiger partial charge in [0.25, 0.3) is 5.91 Å². The van der Waals surface area contributed by atoms with Gasteiger partial charge in [-0.05, 0) is 43.8 Å². The molecule has 0 saturated carbocycles. The number of likely N-dealkylation sites (N-methyl/N-ethyl adjacent to an activating group) is 1. The van der Waals surface area contributed by atoms with Crippen LogP contribution in [0.25, 0.3) is 0 Å². The van der Waals surface area contributed by atoms with Crippen LogP contribution in [0, 0.1) is 11.6 Å². The Morgan fingerprint density at radius 1 is 1.16 bits per heavy atom. The molecule has 0 fully saturated rings. The number of nitrogens with zero attached hydrogens (tertiary/aromatic N) is 1. The van der Waals surface area contributed by atoms with E-state index in [1.165, 1.54) is 5.56 Å². The first-order valence-electron chi connectivity index (χ1n) is 8.01. The maximum absolute atomic E-state index is 13.4. The van der Waals surface area contributed by atoms with E-state index in [2.05, 4.69) is 24.4 Å². The van der Waals surface area contributed by atoms with Gasteiger partial charge in [0, 0.05) is 6.54 Å². The van der Waals surface area contributed by atoms with Gasteiger partial charge in [-0.2, -0.15) is 0 Å². The summed E-state index contributed by atoms with van der Waals surface area (Å²) < 4.78 is 26.5. The lowest BCUT2D eigenvalue weighted by Crippen LogP contribution is -2.34. The largest absolute Gasteiger partial charge is 0.350 e. The molecule has 0 aliphatic heterocycles. The van der Waals surface area contributed by atoms with Crippen molar-refractivity contribution >= 4 is 17.5 Å². The lowest BCUT2D eigenvalue weighted by Gasteiger charge is -2.25. The predicted octanol–water partition coefficient (Wildman–Crippen LogP) is 4.21. The molecule has 0 aliphatic carbocycles. The summed E-state index contributed by atoms with van der Waals surface area (Å²) in [5, 5.41) is 2.62. The lowest BCUT2D eigenvalue weighted by molar-refractivity contribution is 0.0941. The summed E-state index contributed by atoms with van der Waals surface area (Å²) in [5.74, 6) is -2.72. The number of amides is 1. The molecule has 1 amide bonds. The lowest BCUT2D eigenvalue weighted by atomic mass is 10.0. The highest BCUT2D eigenvalue weighted by Crippen LogP contribution is 2.21. The highest BCUT2D eigenvalue weighted by molar-refractivity contribution is 6.33. The molecule has 0 bridgehead atoms. The Kier molecular flexibility index (Phi) is 6.51. The summed E-state index contributed by atoms with van der Waals surface area (Å²) in [4.78, 5) is 14.3. The second kappa shape index (κ2) is 8.41. The van der Waals surface area contributed by atoms with E-state index < -0.39 is 17.5 Å². The molecule has 1 atom stereocenters. The van der Waals surface area contributed by atoms with Crippen LogP contribution in [0.4, 0.5) is 8.78 Å². The summed E-state index contributed by atoms with van der Waals surface area (Å²) in [5.41, 5.74) is 2.21. The number of rotatable bonds is 6. The van der Waals surface area contributed by atoms with Crippen molar-refractivity contribution in [1.82, 2.24) is 10.2 Å². The molecule has 25 heavy (non-hydrogen) atoms. The van der Waals surface area contributed by atoms with Crippen LogP contribution in [0.3, 0.4) is 0 Å². The number of halogens is 3. The van der Waals surface area contributed by atoms with Crippen LogP contribution in [0.5, 0.6) is 0 Å². The van der Waals surface area contributed by atoms with Crippen LogP contribution in [-0.4, -0.2) is 31.4 Å². The van der Waals surface area contributed by atoms with E-state index in [0.29, 0.717) is 6.54 Å². The minimum atomic E-state index is -1.10. The Morgan fingerprint density at radius 3 is 2.32 bits per heavy atom. The summed E-state index contributed by atoms with van der Waals surface area (Å²) in [6.07, 6.45) is 0.957. The summed E-state index contributed by atoms with van der Waals surface area (Å²) in [6, 6.07) is 9.73. The van der Waals surface area contributed by atoms with Gasteiger partial charge in [0.2, 0.25) is 0 Å². The molecule has 0 heterocycles. The van der Waals surface area contributed by atoms with Crippen LogP contribution < -0.4 is 5.32 Å². The fraction of sp³-hybridized carbons (Fsp3) is 0.316. The molecule has 2 aromatic rings. The molecule has 0 spiro atoms. The number of carbonyl (C=O) groups is 1. The van der Waals surface area contributed by atoms with Crippen LogP contribution in [-0.2, 0) is 6.42 Å². The maximum Gasteiger partial charge on any atom is 0.252 e. The van der Waals surface area contributed by atoms with Gasteiger partial charge in [-0.3, -0.25) is 4.79 Å². The number of nitrogens with one attached hydrogen (secondary N) is 1. The minimum Gasteiger partial charge on any atom is -0.350 e. The molecule has 0 aliphatic rings. The Balaban J connectivity index is 2.13. The predicted molar refractivity (Wildman–Crippen MR) is 95.9 cm³/mol. The van der Waals surface area contributed by atoms with Gasteiger partial charge in [-0.1, -0.05) is 42.8 Å². The van der Waals surface area contributed by atoms with Crippen molar-refractivity contribution in [3.8, 4) is 0 Å². The van der Waals surface area contributed by atoms with Gasteiger partial charge in [-0.15, -0.1) is 0 Å². The van der Waals surface area contributed by atoms with Gasteiger partial charge in [-0.25, -0.2) is 8.78 Å². The van der Waals surface area contributed by atoms with Crippen LogP contribution >= 0.6 is 11.6 Å². The molecule has 2 aromatic carbocycles. The van der Waals surface area contributed by atoms with Gasteiger partial charge in [0.05, 0.1) is 16.6 Å². The Bertz CT molecular complexity index is 748. The van der Waals surface area contributed by atoms with Gasteiger partial charge in [0.1, 0.15) is 0 Å². The average Bonchev–Trinajstić information content (AvgIpc) is 2.58. The molecular weight excluding hydrogens is 346 g/mol. The molecule has 134 valence electrons. The van der Waals surface area contributed by atoms with Gasteiger partial charge < -0.3 is 10.2 Å². The molecular formula is C19H21ClF2N2O. The first-order chi connectivity index (χ1) is 11.8. The number of benzene rings is 2. The Morgan fingerprint density at radius 2 is 1.76 bits per heavy atom. The standard InChI is InChI=1S/C19H21ClF2N2O/c1-4-12-5-7-13(8-6-12)18(24(2)3)11-23-19(25)14-9-16(21)17(22)10-15(14)20/h5-10,18H,4,11H2,1-3H3,(H,23,25). The number of hydrogen-bond donors (Lipinski definition) is 1. The third-order valence-corrected chi connectivity index (χ3v) is 4.42. The maximum atomic E-state index is 13.4. The van der Waals surface area contributed by atoms with Crippen molar-refractivity contribution in [3.05, 3.63) is 69.7 Å². The number of carbonyl (C=O) groups excluding carboxylic acids is 1. The number of hydrogen-bond acceptors (Lipinski definition) is 2. The van der Waals surface area contributed by atoms with Crippen molar-refractivity contribution in [1.29, 1.82) is 0 Å². The molecule has 6 heteroatoms. The van der Waals surface area contributed by atoms with E-state index >= 15 is 0 Å². The van der Waals surface area contributed by atoms with Crippen LogP contribution in [0.15, 0.2) is 36.4 Å². The van der Waals surface area contributed by atoms with E-state index in [4.69, 9.17) is 11.6 Å². The van der Waals surface area contributed by atoms with Crippen molar-refractivity contribution < 1.29 is 13.6 Å². The highest BCUT2D eigenvalue weighted by Gasteiger charge is 2.18. The highest BCUT2D eigenvalue weighted by atomic mass is 35.5. The third kappa shape index (κ3) is 4.77. The molecule has 0 radical (unpaired) electrons. The average molecular weight is 367 g/mol. The van der Waals surface area contributed by atoms with E-state index in [-0.39, 0.29) is 16.6 Å². The third-order valence-electron chi connectivity index (χ3n) is 4.11. The Labute approximate surface area is 151 Å². The van der Waals surface area contributed by atoms with Crippen molar-refractivity contribution in [2.24, 2.45) is 0 Å². The fourth-order valence-electron chi connectivity index (χ4n) is 2.56. The molecule has 2 rings (SSSR count). The summed E-state index contributed by atoms with van der Waals surface area (Å²) in [6.45, 7) is 2.40. The minimum absolute atomic E-state index is 0.0565. The fourth-order valence-corrected chi connectivity index (χ4v) is 2.79. The summed E-state index contributed by atoms with van der Waals surface area (Å²) in [7, 11) is 3.82. The first-order valence-corrected chi connectivity index (χ1v) is 8.39. The van der Waals surface area contributed by atoms with Gasteiger partial charge >= 0.3 is 0 Å². The van der Waals surface area contributed by atoms with E-state index in [0.717, 1.165) is 24.1 Å². The Hall–Kier alpha value is -1.98. The SMILES string of the molecule is CCc1ccc(C(CNC(=O)c2cc(F)c(F)cc2Cl)N(C)C)cc1. The zero-order chi connectivity index (χ0) is 18.6.